The van der Waals surface area contributed by atoms with E-state index in [2.05, 4.69) is 67.7 Å². The molecule has 0 aliphatic carbocycles. The van der Waals surface area contributed by atoms with Crippen LogP contribution >= 0.6 is 0 Å². The van der Waals surface area contributed by atoms with Crippen LogP contribution in [0.3, 0.4) is 0 Å². The molecular weight excluding hydrogens is 320 g/mol. The van der Waals surface area contributed by atoms with Crippen molar-refractivity contribution in [3.05, 3.63) is 78.1 Å². The average Bonchev–Trinajstić information content (AvgIpc) is 2.87. The van der Waals surface area contributed by atoms with E-state index in [1.54, 1.807) is 0 Å². The van der Waals surface area contributed by atoms with Crippen LogP contribution in [-0.4, -0.2) is 10.4 Å². The molecule has 0 saturated heterocycles. The van der Waals surface area contributed by atoms with Crippen molar-refractivity contribution in [3.8, 4) is 0 Å². The van der Waals surface area contributed by atoms with Crippen LogP contribution in [0.2, 0.25) is 0 Å². The van der Waals surface area contributed by atoms with Crippen molar-refractivity contribution in [1.29, 1.82) is 0 Å². The number of carbonyl (C=O) groups is 1. The zero-order valence-corrected chi connectivity index (χ0v) is 16.1. The van der Waals surface area contributed by atoms with Crippen molar-refractivity contribution < 1.29 is 9.36 Å². The maximum Gasteiger partial charge on any atom is 0.254 e. The lowest BCUT2D eigenvalue weighted by Crippen LogP contribution is -2.40. The Hall–Kier alpha value is -2.68. The number of allylic oxidation sites excluding steroid dienone is 1. The van der Waals surface area contributed by atoms with E-state index in [0.717, 1.165) is 29.0 Å². The fourth-order valence-corrected chi connectivity index (χ4v) is 3.37. The Morgan fingerprint density at radius 1 is 1.12 bits per heavy atom. The van der Waals surface area contributed by atoms with E-state index < -0.39 is 0 Å². The number of fused-ring (bicyclic) bond motifs is 1. The highest BCUT2D eigenvalue weighted by Crippen LogP contribution is 2.22. The first-order valence-corrected chi connectivity index (χ1v) is 9.05. The van der Waals surface area contributed by atoms with Gasteiger partial charge in [-0.1, -0.05) is 69.8 Å². The minimum Gasteiger partial charge on any atom is -0.290 e. The van der Waals surface area contributed by atoms with E-state index in [1.807, 2.05) is 30.3 Å². The molecular formula is C23H27N2O+. The number of ketones is 1. The molecule has 3 heteroatoms. The van der Waals surface area contributed by atoms with Crippen molar-refractivity contribution >= 4 is 16.8 Å². The molecule has 0 aliphatic rings. The number of benzene rings is 2. The number of nitrogens with zero attached hydrogens (tertiary/aromatic N) is 2. The Kier molecular flexibility index (Phi) is 4.82. The fraction of sp³-hybridized carbons (Fsp3) is 0.304. The monoisotopic (exact) mass is 347 g/mol. The summed E-state index contributed by atoms with van der Waals surface area (Å²) in [6, 6.07) is 16.2. The van der Waals surface area contributed by atoms with E-state index >= 15 is 0 Å². The molecule has 0 atom stereocenters. The van der Waals surface area contributed by atoms with Gasteiger partial charge in [0, 0.05) is 12.5 Å². The van der Waals surface area contributed by atoms with Crippen molar-refractivity contribution in [2.45, 2.75) is 46.2 Å². The fourth-order valence-electron chi connectivity index (χ4n) is 3.37. The number of para-hydroxylation sites is 2. The van der Waals surface area contributed by atoms with Crippen molar-refractivity contribution in [1.82, 2.24) is 4.57 Å². The van der Waals surface area contributed by atoms with Crippen LogP contribution < -0.4 is 4.57 Å². The van der Waals surface area contributed by atoms with Crippen molar-refractivity contribution in [2.75, 3.05) is 0 Å². The minimum absolute atomic E-state index is 0.0883. The molecule has 3 aromatic rings. The number of Topliss-reactive ketones (excluding diaryl/α,β-unsaturated/α-hetero) is 1. The second kappa shape index (κ2) is 6.91. The normalized spacial score (nSPS) is 11.7. The second-order valence-electron chi connectivity index (χ2n) is 7.77. The molecule has 2 aromatic carbocycles. The van der Waals surface area contributed by atoms with Gasteiger partial charge in [0.25, 0.3) is 5.82 Å². The van der Waals surface area contributed by atoms with Gasteiger partial charge in [-0.25, -0.2) is 9.13 Å². The maximum atomic E-state index is 12.9. The summed E-state index contributed by atoms with van der Waals surface area (Å²) in [6.07, 6.45) is 1.89. The molecule has 0 spiro atoms. The van der Waals surface area contributed by atoms with E-state index in [0.29, 0.717) is 6.54 Å². The van der Waals surface area contributed by atoms with Gasteiger partial charge in [0.2, 0.25) is 5.78 Å². The van der Waals surface area contributed by atoms with Gasteiger partial charge in [0.15, 0.2) is 17.6 Å². The Balaban J connectivity index is 1.95. The Bertz CT molecular complexity index is 956. The lowest BCUT2D eigenvalue weighted by atomic mass is 9.86. The van der Waals surface area contributed by atoms with Crippen LogP contribution in [0.15, 0.2) is 61.2 Å². The van der Waals surface area contributed by atoms with Crippen LogP contribution in [0.5, 0.6) is 0 Å². The smallest absolute Gasteiger partial charge is 0.254 e. The zero-order chi connectivity index (χ0) is 18.9. The van der Waals surface area contributed by atoms with Gasteiger partial charge < -0.3 is 0 Å². The Labute approximate surface area is 155 Å². The predicted molar refractivity (Wildman–Crippen MR) is 107 cm³/mol. The quantitative estimate of drug-likeness (QED) is 0.376. The van der Waals surface area contributed by atoms with Crippen molar-refractivity contribution in [3.63, 3.8) is 0 Å². The molecule has 3 rings (SSSR count). The van der Waals surface area contributed by atoms with Gasteiger partial charge in [0.1, 0.15) is 6.54 Å². The van der Waals surface area contributed by atoms with Crippen LogP contribution in [0.4, 0.5) is 0 Å². The maximum absolute atomic E-state index is 12.9. The molecule has 1 heterocycles. The van der Waals surface area contributed by atoms with Crippen molar-refractivity contribution in [2.24, 2.45) is 0 Å². The SMILES string of the molecule is C=CCn1c(C)[n+](CC(=O)c2ccc(C(C)(C)C)cc2)c2ccccc21. The summed E-state index contributed by atoms with van der Waals surface area (Å²) in [5.74, 6) is 1.19. The first-order chi connectivity index (χ1) is 12.3. The molecule has 134 valence electrons. The van der Waals surface area contributed by atoms with Crippen LogP contribution in [0.25, 0.3) is 11.0 Å². The molecule has 0 bridgehead atoms. The number of hydrogen-bond donors (Lipinski definition) is 0. The molecule has 0 fully saturated rings. The lowest BCUT2D eigenvalue weighted by Gasteiger charge is -2.18. The average molecular weight is 347 g/mol. The van der Waals surface area contributed by atoms with Gasteiger partial charge in [-0.15, -0.1) is 0 Å². The third-order valence-electron chi connectivity index (χ3n) is 4.93. The summed E-state index contributed by atoms with van der Waals surface area (Å²) in [6.45, 7) is 13.5. The predicted octanol–water partition coefficient (Wildman–Crippen LogP) is 4.60. The third kappa shape index (κ3) is 3.34. The summed E-state index contributed by atoms with van der Waals surface area (Å²) in [5, 5.41) is 0. The summed E-state index contributed by atoms with van der Waals surface area (Å²) in [4.78, 5) is 12.9. The van der Waals surface area contributed by atoms with Crippen LogP contribution in [0.1, 0.15) is 42.5 Å². The van der Waals surface area contributed by atoms with Crippen LogP contribution in [0, 0.1) is 6.92 Å². The summed E-state index contributed by atoms with van der Waals surface area (Å²) in [5.41, 5.74) is 4.28. The summed E-state index contributed by atoms with van der Waals surface area (Å²) in [7, 11) is 0. The van der Waals surface area contributed by atoms with E-state index in [9.17, 15) is 4.79 Å². The zero-order valence-electron chi connectivity index (χ0n) is 16.1. The number of aromatic nitrogens is 2. The molecule has 0 radical (unpaired) electrons. The Morgan fingerprint density at radius 2 is 1.77 bits per heavy atom. The van der Waals surface area contributed by atoms with Gasteiger partial charge >= 0.3 is 0 Å². The van der Waals surface area contributed by atoms with E-state index in [4.69, 9.17) is 0 Å². The van der Waals surface area contributed by atoms with Crippen LogP contribution in [-0.2, 0) is 18.5 Å². The molecule has 26 heavy (non-hydrogen) atoms. The van der Waals surface area contributed by atoms with E-state index in [-0.39, 0.29) is 11.2 Å². The highest BCUT2D eigenvalue weighted by Gasteiger charge is 2.23. The first-order valence-electron chi connectivity index (χ1n) is 9.05. The number of rotatable bonds is 5. The van der Waals surface area contributed by atoms with E-state index in [1.165, 1.54) is 5.56 Å². The Morgan fingerprint density at radius 3 is 2.38 bits per heavy atom. The molecule has 0 amide bonds. The third-order valence-corrected chi connectivity index (χ3v) is 4.93. The molecule has 0 aliphatic heterocycles. The summed E-state index contributed by atoms with van der Waals surface area (Å²) < 4.78 is 4.29. The highest BCUT2D eigenvalue weighted by molar-refractivity contribution is 5.95. The second-order valence-corrected chi connectivity index (χ2v) is 7.77. The number of hydrogen-bond acceptors (Lipinski definition) is 1. The molecule has 0 saturated carbocycles. The summed E-state index contributed by atoms with van der Waals surface area (Å²) >= 11 is 0. The molecule has 0 N–H and O–H groups in total. The van der Waals surface area contributed by atoms with Gasteiger partial charge in [-0.05, 0) is 23.1 Å². The van der Waals surface area contributed by atoms with Gasteiger partial charge in [-0.3, -0.25) is 4.79 Å². The molecule has 1 aromatic heterocycles. The highest BCUT2D eigenvalue weighted by atomic mass is 16.1. The largest absolute Gasteiger partial charge is 0.290 e. The molecule has 3 nitrogen and oxygen atoms in total. The standard InChI is InChI=1S/C23H27N2O/c1-6-15-24-17(2)25(21-10-8-7-9-20(21)24)16-22(26)18-11-13-19(14-12-18)23(3,4)5/h6-14H,1,15-16H2,2-5H3/q+1. The topological polar surface area (TPSA) is 25.9 Å². The number of carbonyl (C=O) groups excluding carboxylic acids is 1. The molecule has 0 unspecified atom stereocenters. The van der Waals surface area contributed by atoms with Gasteiger partial charge in [-0.2, -0.15) is 0 Å². The number of imidazole rings is 1. The first kappa shape index (κ1) is 18.1. The minimum atomic E-state index is 0.0883. The van der Waals surface area contributed by atoms with Gasteiger partial charge in [0.05, 0.1) is 0 Å². The lowest BCUT2D eigenvalue weighted by molar-refractivity contribution is -0.664.